The van der Waals surface area contributed by atoms with Crippen LogP contribution in [0.4, 0.5) is 15.8 Å². The van der Waals surface area contributed by atoms with Gasteiger partial charge in [-0.3, -0.25) is 9.59 Å². The van der Waals surface area contributed by atoms with Crippen LogP contribution in [0.1, 0.15) is 16.3 Å². The molecular formula is C21H19FN2O5. The van der Waals surface area contributed by atoms with Gasteiger partial charge < -0.3 is 24.5 Å². The molecule has 0 spiro atoms. The summed E-state index contributed by atoms with van der Waals surface area (Å²) in [5.41, 5.74) is 1.13. The first-order valence-corrected chi connectivity index (χ1v) is 8.71. The van der Waals surface area contributed by atoms with Crippen LogP contribution in [0.25, 0.3) is 0 Å². The summed E-state index contributed by atoms with van der Waals surface area (Å²) in [6.45, 7) is 0.0684. The number of furan rings is 1. The molecule has 0 saturated carbocycles. The predicted molar refractivity (Wildman–Crippen MR) is 104 cm³/mol. The van der Waals surface area contributed by atoms with Crippen LogP contribution in [0.5, 0.6) is 5.75 Å². The van der Waals surface area contributed by atoms with Crippen LogP contribution in [0, 0.1) is 5.82 Å². The Morgan fingerprint density at radius 1 is 0.931 bits per heavy atom. The number of carbonyl (C=O) groups excluding carboxylic acids is 2. The van der Waals surface area contributed by atoms with Crippen LogP contribution in [-0.2, 0) is 16.1 Å². The first-order chi connectivity index (χ1) is 14.0. The average molecular weight is 398 g/mol. The Bertz CT molecular complexity index is 967. The third-order valence-electron chi connectivity index (χ3n) is 3.78. The van der Waals surface area contributed by atoms with E-state index in [-0.39, 0.29) is 30.7 Å². The van der Waals surface area contributed by atoms with Crippen LogP contribution in [0.15, 0.2) is 65.1 Å². The third-order valence-corrected chi connectivity index (χ3v) is 3.78. The normalized spacial score (nSPS) is 10.4. The summed E-state index contributed by atoms with van der Waals surface area (Å²) >= 11 is 0. The molecule has 150 valence electrons. The SMILES string of the molecule is COCC(=O)Nc1ccc(NC(=O)c2ccc(COc3ccc(F)cc3)o2)cc1. The monoisotopic (exact) mass is 398 g/mol. The van der Waals surface area contributed by atoms with Crippen molar-refractivity contribution in [3.63, 3.8) is 0 Å². The molecule has 0 unspecified atom stereocenters. The zero-order valence-corrected chi connectivity index (χ0v) is 15.6. The van der Waals surface area contributed by atoms with E-state index in [0.29, 0.717) is 22.9 Å². The molecule has 29 heavy (non-hydrogen) atoms. The maximum absolute atomic E-state index is 12.9. The summed E-state index contributed by atoms with van der Waals surface area (Å²) in [7, 11) is 1.44. The fraction of sp³-hybridized carbons (Fsp3) is 0.143. The minimum Gasteiger partial charge on any atom is -0.486 e. The molecule has 0 radical (unpaired) electrons. The molecule has 0 atom stereocenters. The van der Waals surface area contributed by atoms with E-state index in [1.54, 1.807) is 30.3 Å². The molecule has 0 aliphatic heterocycles. The highest BCUT2D eigenvalue weighted by molar-refractivity contribution is 6.02. The van der Waals surface area contributed by atoms with Crippen molar-refractivity contribution in [2.45, 2.75) is 6.61 Å². The number of methoxy groups -OCH3 is 1. The average Bonchev–Trinajstić information content (AvgIpc) is 3.18. The van der Waals surface area contributed by atoms with Crippen LogP contribution in [-0.4, -0.2) is 25.5 Å². The summed E-state index contributed by atoms with van der Waals surface area (Å²) in [6.07, 6.45) is 0. The summed E-state index contributed by atoms with van der Waals surface area (Å²) in [4.78, 5) is 23.8. The van der Waals surface area contributed by atoms with E-state index in [0.717, 1.165) is 0 Å². The lowest BCUT2D eigenvalue weighted by atomic mass is 10.2. The van der Waals surface area contributed by atoms with E-state index in [4.69, 9.17) is 13.9 Å². The van der Waals surface area contributed by atoms with Gasteiger partial charge in [0, 0.05) is 18.5 Å². The van der Waals surface area contributed by atoms with Gasteiger partial charge in [0.25, 0.3) is 5.91 Å². The molecule has 8 heteroatoms. The summed E-state index contributed by atoms with van der Waals surface area (Å²) in [5, 5.41) is 5.36. The number of ether oxygens (including phenoxy) is 2. The highest BCUT2D eigenvalue weighted by atomic mass is 19.1. The number of amides is 2. The zero-order valence-electron chi connectivity index (χ0n) is 15.6. The van der Waals surface area contributed by atoms with E-state index in [2.05, 4.69) is 10.6 Å². The Morgan fingerprint density at radius 2 is 1.59 bits per heavy atom. The largest absolute Gasteiger partial charge is 0.486 e. The minimum atomic E-state index is -0.422. The third kappa shape index (κ3) is 5.91. The smallest absolute Gasteiger partial charge is 0.291 e. The standard InChI is InChI=1S/C21H19FN2O5/c1-27-13-20(25)23-15-4-6-16(7-5-15)24-21(26)19-11-10-18(29-19)12-28-17-8-2-14(22)3-9-17/h2-11H,12-13H2,1H3,(H,23,25)(H,24,26). The number of benzene rings is 2. The second kappa shape index (κ2) is 9.52. The Labute approximate surface area is 166 Å². The van der Waals surface area contributed by atoms with Crippen molar-refractivity contribution in [3.8, 4) is 5.75 Å². The summed E-state index contributed by atoms with van der Waals surface area (Å²) < 4.78 is 28.6. The van der Waals surface area contributed by atoms with Crippen LogP contribution >= 0.6 is 0 Å². The first kappa shape index (κ1) is 20.1. The zero-order chi connectivity index (χ0) is 20.6. The maximum Gasteiger partial charge on any atom is 0.291 e. The van der Waals surface area contributed by atoms with E-state index < -0.39 is 5.91 Å². The second-order valence-electron chi connectivity index (χ2n) is 6.02. The van der Waals surface area contributed by atoms with Crippen LogP contribution < -0.4 is 15.4 Å². The molecule has 0 fully saturated rings. The fourth-order valence-electron chi connectivity index (χ4n) is 2.42. The van der Waals surface area contributed by atoms with Gasteiger partial charge in [0.05, 0.1) is 0 Å². The molecule has 1 heterocycles. The van der Waals surface area contributed by atoms with Gasteiger partial charge in [-0.25, -0.2) is 4.39 Å². The van der Waals surface area contributed by atoms with Crippen molar-refractivity contribution >= 4 is 23.2 Å². The Morgan fingerprint density at radius 3 is 2.24 bits per heavy atom. The molecule has 2 amide bonds. The number of anilines is 2. The van der Waals surface area contributed by atoms with E-state index in [1.165, 1.54) is 37.4 Å². The number of rotatable bonds is 8. The summed E-state index contributed by atoms with van der Waals surface area (Å²) in [6, 6.07) is 15.4. The van der Waals surface area contributed by atoms with Crippen molar-refractivity contribution in [1.29, 1.82) is 0 Å². The summed E-state index contributed by atoms with van der Waals surface area (Å²) in [5.74, 6) is 0.0338. The predicted octanol–water partition coefficient (Wildman–Crippen LogP) is 3.83. The maximum atomic E-state index is 12.9. The van der Waals surface area contributed by atoms with Crippen molar-refractivity contribution in [2.75, 3.05) is 24.4 Å². The molecule has 0 aliphatic carbocycles. The highest BCUT2D eigenvalue weighted by Gasteiger charge is 2.12. The molecule has 0 bridgehead atoms. The molecule has 2 N–H and O–H groups in total. The van der Waals surface area contributed by atoms with Gasteiger partial charge in [0.2, 0.25) is 5.91 Å². The molecule has 7 nitrogen and oxygen atoms in total. The van der Waals surface area contributed by atoms with Gasteiger partial charge in [-0.2, -0.15) is 0 Å². The number of hydrogen-bond acceptors (Lipinski definition) is 5. The highest BCUT2D eigenvalue weighted by Crippen LogP contribution is 2.17. The second-order valence-corrected chi connectivity index (χ2v) is 6.02. The van der Waals surface area contributed by atoms with Gasteiger partial charge >= 0.3 is 0 Å². The lowest BCUT2D eigenvalue weighted by Crippen LogP contribution is -2.17. The quantitative estimate of drug-likeness (QED) is 0.602. The lowest BCUT2D eigenvalue weighted by molar-refractivity contribution is -0.119. The number of halogens is 1. The van der Waals surface area contributed by atoms with Gasteiger partial charge in [-0.15, -0.1) is 0 Å². The molecule has 3 aromatic rings. The van der Waals surface area contributed by atoms with Crippen molar-refractivity contribution in [2.24, 2.45) is 0 Å². The van der Waals surface area contributed by atoms with Crippen LogP contribution in [0.2, 0.25) is 0 Å². The topological polar surface area (TPSA) is 89.8 Å². The molecule has 0 aliphatic rings. The lowest BCUT2D eigenvalue weighted by Gasteiger charge is -2.07. The Kier molecular flexibility index (Phi) is 6.59. The molecular weight excluding hydrogens is 379 g/mol. The van der Waals surface area contributed by atoms with E-state index in [1.807, 2.05) is 0 Å². The molecule has 0 saturated heterocycles. The first-order valence-electron chi connectivity index (χ1n) is 8.71. The van der Waals surface area contributed by atoms with Gasteiger partial charge in [-0.05, 0) is 60.7 Å². The van der Waals surface area contributed by atoms with Gasteiger partial charge in [0.1, 0.15) is 30.5 Å². The Balaban J connectivity index is 1.53. The Hall–Kier alpha value is -3.65. The molecule has 1 aromatic heterocycles. The van der Waals surface area contributed by atoms with Crippen molar-refractivity contribution in [3.05, 3.63) is 78.0 Å². The molecule has 2 aromatic carbocycles. The number of hydrogen-bond donors (Lipinski definition) is 2. The van der Waals surface area contributed by atoms with E-state index >= 15 is 0 Å². The van der Waals surface area contributed by atoms with Crippen molar-refractivity contribution in [1.82, 2.24) is 0 Å². The molecule has 3 rings (SSSR count). The number of nitrogens with one attached hydrogen (secondary N) is 2. The van der Waals surface area contributed by atoms with Crippen molar-refractivity contribution < 1.29 is 27.9 Å². The van der Waals surface area contributed by atoms with Gasteiger partial charge in [0.15, 0.2) is 5.76 Å². The van der Waals surface area contributed by atoms with E-state index in [9.17, 15) is 14.0 Å². The van der Waals surface area contributed by atoms with Crippen LogP contribution in [0.3, 0.4) is 0 Å². The fourth-order valence-corrected chi connectivity index (χ4v) is 2.42. The number of carbonyl (C=O) groups is 2. The van der Waals surface area contributed by atoms with Gasteiger partial charge in [-0.1, -0.05) is 0 Å². The minimum absolute atomic E-state index is 0.0375.